The summed E-state index contributed by atoms with van der Waals surface area (Å²) in [7, 11) is 1.04. The maximum atomic E-state index is 13.6. The van der Waals surface area contributed by atoms with Gasteiger partial charge in [0.1, 0.15) is 11.3 Å². The van der Waals surface area contributed by atoms with Crippen molar-refractivity contribution in [1.82, 2.24) is 4.98 Å². The van der Waals surface area contributed by atoms with Crippen LogP contribution >= 0.6 is 0 Å². The highest BCUT2D eigenvalue weighted by atomic mass is 19.1. The molecule has 19 heavy (non-hydrogen) atoms. The van der Waals surface area contributed by atoms with Gasteiger partial charge in [0.15, 0.2) is 17.1 Å². The summed E-state index contributed by atoms with van der Waals surface area (Å²) < 4.78 is 45.0. The summed E-state index contributed by atoms with van der Waals surface area (Å²) in [6.07, 6.45) is 0. The zero-order valence-corrected chi connectivity index (χ0v) is 9.38. The number of aromatic amines is 1. The van der Waals surface area contributed by atoms with Crippen LogP contribution in [0.3, 0.4) is 0 Å². The van der Waals surface area contributed by atoms with Crippen LogP contribution < -0.4 is 10.2 Å². The van der Waals surface area contributed by atoms with Crippen molar-refractivity contribution in [2.75, 3.05) is 7.11 Å². The van der Waals surface area contributed by atoms with Crippen LogP contribution in [0.25, 0.3) is 10.9 Å². The minimum absolute atomic E-state index is 0.361. The van der Waals surface area contributed by atoms with Crippen LogP contribution in [0.1, 0.15) is 10.4 Å². The molecule has 0 bridgehead atoms. The van der Waals surface area contributed by atoms with Crippen molar-refractivity contribution < 1.29 is 27.8 Å². The standard InChI is InChI=1S/C11H6F3NO4/c1-19-9-4(13)2-3(12)5-7(9)15-10(14)6(8(5)16)11(17)18/h2H,1H3,(H,15,16)(H,17,18). The van der Waals surface area contributed by atoms with E-state index in [0.717, 1.165) is 7.11 Å². The Bertz CT molecular complexity index is 754. The third-order valence-electron chi connectivity index (χ3n) is 2.51. The number of carboxylic acid groups (broad SMARTS) is 1. The van der Waals surface area contributed by atoms with Gasteiger partial charge in [-0.1, -0.05) is 0 Å². The molecule has 2 aromatic rings. The molecule has 0 saturated carbocycles. The van der Waals surface area contributed by atoms with Gasteiger partial charge in [0.2, 0.25) is 11.4 Å². The number of ether oxygens (including phenoxy) is 1. The Morgan fingerprint density at radius 1 is 1.32 bits per heavy atom. The lowest BCUT2D eigenvalue weighted by molar-refractivity contribution is 0.0689. The molecular weight excluding hydrogens is 267 g/mol. The molecule has 0 fully saturated rings. The normalized spacial score (nSPS) is 10.7. The van der Waals surface area contributed by atoms with Crippen LogP contribution in [-0.4, -0.2) is 23.2 Å². The second-order valence-corrected chi connectivity index (χ2v) is 3.57. The molecule has 100 valence electrons. The Hall–Kier alpha value is -2.51. The van der Waals surface area contributed by atoms with Gasteiger partial charge >= 0.3 is 5.97 Å². The van der Waals surface area contributed by atoms with Crippen LogP contribution in [0.2, 0.25) is 0 Å². The van der Waals surface area contributed by atoms with Gasteiger partial charge in [0, 0.05) is 6.07 Å². The Balaban J connectivity index is 3.08. The largest absolute Gasteiger partial charge is 0.492 e. The van der Waals surface area contributed by atoms with Gasteiger partial charge < -0.3 is 14.8 Å². The van der Waals surface area contributed by atoms with Crippen LogP contribution in [0.5, 0.6) is 5.75 Å². The van der Waals surface area contributed by atoms with Crippen molar-refractivity contribution in [2.45, 2.75) is 0 Å². The van der Waals surface area contributed by atoms with Crippen LogP contribution in [-0.2, 0) is 0 Å². The average molecular weight is 273 g/mol. The van der Waals surface area contributed by atoms with Crippen LogP contribution in [0.15, 0.2) is 10.9 Å². The SMILES string of the molecule is COc1c(F)cc(F)c2c(=O)c(C(=O)O)c(F)[nH]c12. The monoisotopic (exact) mass is 273 g/mol. The fourth-order valence-corrected chi connectivity index (χ4v) is 1.73. The number of benzene rings is 1. The van der Waals surface area contributed by atoms with Crippen molar-refractivity contribution >= 4 is 16.9 Å². The first-order valence-electron chi connectivity index (χ1n) is 4.89. The summed E-state index contributed by atoms with van der Waals surface area (Å²) in [6.45, 7) is 0. The minimum atomic E-state index is -1.86. The van der Waals surface area contributed by atoms with Crippen molar-refractivity contribution in [3.8, 4) is 5.75 Å². The first kappa shape index (κ1) is 12.9. The third kappa shape index (κ3) is 1.81. The average Bonchev–Trinajstić information content (AvgIpc) is 2.27. The second-order valence-electron chi connectivity index (χ2n) is 3.57. The molecule has 2 rings (SSSR count). The summed E-state index contributed by atoms with van der Waals surface area (Å²) in [4.78, 5) is 24.3. The zero-order chi connectivity index (χ0) is 14.3. The third-order valence-corrected chi connectivity index (χ3v) is 2.51. The molecule has 0 atom stereocenters. The van der Waals surface area contributed by atoms with E-state index in [1.54, 1.807) is 0 Å². The number of carboxylic acids is 1. The molecule has 2 N–H and O–H groups in total. The number of rotatable bonds is 2. The number of aromatic carboxylic acids is 1. The summed E-state index contributed by atoms with van der Waals surface area (Å²) in [5.41, 5.74) is -3.22. The summed E-state index contributed by atoms with van der Waals surface area (Å²) in [6, 6.07) is 0.361. The number of fused-ring (bicyclic) bond motifs is 1. The number of hydrogen-bond donors (Lipinski definition) is 2. The van der Waals surface area contributed by atoms with Crippen LogP contribution in [0.4, 0.5) is 13.2 Å². The molecule has 5 nitrogen and oxygen atoms in total. The molecule has 0 unspecified atom stereocenters. The molecule has 1 aromatic carbocycles. The van der Waals surface area contributed by atoms with E-state index in [0.29, 0.717) is 6.07 Å². The van der Waals surface area contributed by atoms with E-state index in [1.165, 1.54) is 0 Å². The van der Waals surface area contributed by atoms with E-state index in [4.69, 9.17) is 5.11 Å². The zero-order valence-electron chi connectivity index (χ0n) is 9.38. The molecule has 0 spiro atoms. The van der Waals surface area contributed by atoms with Gasteiger partial charge in [-0.15, -0.1) is 0 Å². The Kier molecular flexibility index (Phi) is 2.93. The van der Waals surface area contributed by atoms with Crippen molar-refractivity contribution in [1.29, 1.82) is 0 Å². The maximum Gasteiger partial charge on any atom is 0.344 e. The molecule has 8 heteroatoms. The maximum absolute atomic E-state index is 13.6. The van der Waals surface area contributed by atoms with E-state index in [-0.39, 0.29) is 0 Å². The smallest absolute Gasteiger partial charge is 0.344 e. The number of H-pyrrole nitrogens is 1. The predicted octanol–water partition coefficient (Wildman–Crippen LogP) is 1.65. The molecule has 0 aliphatic heterocycles. The van der Waals surface area contributed by atoms with Crippen molar-refractivity contribution in [3.63, 3.8) is 0 Å². The van der Waals surface area contributed by atoms with Gasteiger partial charge in [0.05, 0.1) is 12.5 Å². The first-order chi connectivity index (χ1) is 8.88. The highest BCUT2D eigenvalue weighted by Crippen LogP contribution is 2.28. The molecule has 0 radical (unpaired) electrons. The number of methoxy groups -OCH3 is 1. The highest BCUT2D eigenvalue weighted by molar-refractivity contribution is 5.94. The number of pyridine rings is 1. The van der Waals surface area contributed by atoms with Gasteiger partial charge in [-0.2, -0.15) is 4.39 Å². The number of nitrogens with one attached hydrogen (secondary N) is 1. The van der Waals surface area contributed by atoms with Gasteiger partial charge in [0.25, 0.3) is 0 Å². The van der Waals surface area contributed by atoms with Crippen molar-refractivity contribution in [3.05, 3.63) is 39.4 Å². The first-order valence-corrected chi connectivity index (χ1v) is 4.89. The van der Waals surface area contributed by atoms with Gasteiger partial charge in [-0.3, -0.25) is 4.79 Å². The molecule has 0 aliphatic rings. The second kappa shape index (κ2) is 4.30. The fraction of sp³-hybridized carbons (Fsp3) is 0.0909. The van der Waals surface area contributed by atoms with E-state index < -0.39 is 51.2 Å². The lowest BCUT2D eigenvalue weighted by Crippen LogP contribution is -2.20. The topological polar surface area (TPSA) is 79.4 Å². The van der Waals surface area contributed by atoms with E-state index in [2.05, 4.69) is 4.74 Å². The molecule has 0 aliphatic carbocycles. The van der Waals surface area contributed by atoms with E-state index in [1.807, 2.05) is 4.98 Å². The molecular formula is C11H6F3NO4. The van der Waals surface area contributed by atoms with E-state index >= 15 is 0 Å². The number of aromatic nitrogens is 1. The molecule has 1 heterocycles. The number of carbonyl (C=O) groups is 1. The lowest BCUT2D eigenvalue weighted by Gasteiger charge is -2.08. The highest BCUT2D eigenvalue weighted by Gasteiger charge is 2.24. The Morgan fingerprint density at radius 3 is 2.47 bits per heavy atom. The summed E-state index contributed by atoms with van der Waals surface area (Å²) in [5, 5.41) is 7.91. The number of halogens is 3. The summed E-state index contributed by atoms with van der Waals surface area (Å²) >= 11 is 0. The lowest BCUT2D eigenvalue weighted by atomic mass is 10.1. The predicted molar refractivity (Wildman–Crippen MR) is 58.0 cm³/mol. The van der Waals surface area contributed by atoms with Gasteiger partial charge in [-0.25, -0.2) is 13.6 Å². The fourth-order valence-electron chi connectivity index (χ4n) is 1.73. The molecule has 0 amide bonds. The number of hydrogen-bond acceptors (Lipinski definition) is 3. The van der Waals surface area contributed by atoms with Crippen LogP contribution in [0, 0.1) is 17.6 Å². The molecule has 0 saturated heterocycles. The van der Waals surface area contributed by atoms with Gasteiger partial charge in [-0.05, 0) is 0 Å². The summed E-state index contributed by atoms with van der Waals surface area (Å²) in [5.74, 6) is -6.40. The quantitative estimate of drug-likeness (QED) is 0.815. The van der Waals surface area contributed by atoms with Crippen molar-refractivity contribution in [2.24, 2.45) is 0 Å². The minimum Gasteiger partial charge on any atom is -0.492 e. The Labute approximate surface area is 103 Å². The van der Waals surface area contributed by atoms with E-state index in [9.17, 15) is 22.8 Å². The Morgan fingerprint density at radius 2 is 1.95 bits per heavy atom. The molecule has 1 aromatic heterocycles.